The molecule has 120 valence electrons. The summed E-state index contributed by atoms with van der Waals surface area (Å²) in [6.07, 6.45) is 1.41. The molecule has 0 N–H and O–H groups in total. The van der Waals surface area contributed by atoms with Gasteiger partial charge in [-0.3, -0.25) is 0 Å². The minimum atomic E-state index is -0.302. The Morgan fingerprint density at radius 1 is 1.09 bits per heavy atom. The third kappa shape index (κ3) is 5.10. The van der Waals surface area contributed by atoms with E-state index in [9.17, 15) is 9.65 Å². The molecule has 2 aromatic rings. The fourth-order valence-electron chi connectivity index (χ4n) is 2.46. The first-order valence-corrected chi connectivity index (χ1v) is 7.98. The molecule has 0 aromatic heterocycles. The molecule has 0 heterocycles. The Hall–Kier alpha value is -2.34. The molecule has 0 amide bonds. The van der Waals surface area contributed by atoms with Gasteiger partial charge in [-0.05, 0) is 54.2 Å². The molecular formula is C20H22FNO. The maximum absolute atomic E-state index is 13.2. The molecule has 0 bridgehead atoms. The lowest BCUT2D eigenvalue weighted by Crippen LogP contribution is -2.02. The van der Waals surface area contributed by atoms with Crippen LogP contribution in [0.1, 0.15) is 49.7 Å². The van der Waals surface area contributed by atoms with Gasteiger partial charge in [0, 0.05) is 0 Å². The van der Waals surface area contributed by atoms with E-state index in [-0.39, 0.29) is 11.7 Å². The third-order valence-corrected chi connectivity index (χ3v) is 3.86. The van der Waals surface area contributed by atoms with E-state index in [4.69, 9.17) is 4.74 Å². The Labute approximate surface area is 137 Å². The average molecular weight is 311 g/mol. The first-order valence-electron chi connectivity index (χ1n) is 7.98. The summed E-state index contributed by atoms with van der Waals surface area (Å²) in [6.45, 7) is 4.86. The zero-order valence-corrected chi connectivity index (χ0v) is 13.6. The maximum atomic E-state index is 13.2. The minimum Gasteiger partial charge on any atom is -0.494 e. The summed E-state index contributed by atoms with van der Waals surface area (Å²) < 4.78 is 18.9. The van der Waals surface area contributed by atoms with Crippen molar-refractivity contribution in [2.45, 2.75) is 38.5 Å². The first kappa shape index (κ1) is 17.0. The van der Waals surface area contributed by atoms with E-state index >= 15 is 0 Å². The summed E-state index contributed by atoms with van der Waals surface area (Å²) >= 11 is 0. The molecule has 1 unspecified atom stereocenters. The molecule has 0 saturated carbocycles. The number of nitrogens with zero attached hydrogens (tertiary/aromatic N) is 1. The Morgan fingerprint density at radius 2 is 1.83 bits per heavy atom. The van der Waals surface area contributed by atoms with E-state index < -0.39 is 0 Å². The standard InChI is InChI=1S/C20H22FNO/c1-15(2)16-8-10-20(11-9-16)23-12-4-6-18(14-22)17-5-3-7-19(21)13-17/h3,5,7-11,13,15,18H,4,6,12H2,1-2H3. The fraction of sp³-hybridized carbons (Fsp3) is 0.350. The molecule has 0 aliphatic rings. The van der Waals surface area contributed by atoms with E-state index in [1.807, 2.05) is 12.1 Å². The Balaban J connectivity index is 1.81. The van der Waals surface area contributed by atoms with Gasteiger partial charge >= 0.3 is 0 Å². The molecule has 0 saturated heterocycles. The van der Waals surface area contributed by atoms with Crippen LogP contribution in [-0.4, -0.2) is 6.61 Å². The highest BCUT2D eigenvalue weighted by atomic mass is 19.1. The van der Waals surface area contributed by atoms with Crippen LogP contribution in [0.15, 0.2) is 48.5 Å². The van der Waals surface area contributed by atoms with Crippen molar-refractivity contribution in [3.8, 4) is 11.8 Å². The zero-order chi connectivity index (χ0) is 16.7. The van der Waals surface area contributed by atoms with E-state index in [1.165, 1.54) is 17.7 Å². The molecule has 0 radical (unpaired) electrons. The molecule has 0 fully saturated rings. The van der Waals surface area contributed by atoms with Crippen molar-refractivity contribution in [3.05, 3.63) is 65.5 Å². The lowest BCUT2D eigenvalue weighted by atomic mass is 9.96. The van der Waals surface area contributed by atoms with Gasteiger partial charge in [-0.2, -0.15) is 5.26 Å². The zero-order valence-electron chi connectivity index (χ0n) is 13.6. The van der Waals surface area contributed by atoms with Crippen LogP contribution in [0.3, 0.4) is 0 Å². The Morgan fingerprint density at radius 3 is 2.43 bits per heavy atom. The number of rotatable bonds is 7. The predicted molar refractivity (Wildman–Crippen MR) is 90.0 cm³/mol. The van der Waals surface area contributed by atoms with Crippen molar-refractivity contribution in [2.24, 2.45) is 0 Å². The number of ether oxygens (including phenoxy) is 1. The summed E-state index contributed by atoms with van der Waals surface area (Å²) in [5.74, 6) is 0.752. The monoisotopic (exact) mass is 311 g/mol. The molecule has 2 aromatic carbocycles. The topological polar surface area (TPSA) is 33.0 Å². The SMILES string of the molecule is CC(C)c1ccc(OCCCC(C#N)c2cccc(F)c2)cc1. The molecule has 1 atom stereocenters. The van der Waals surface area contributed by atoms with Gasteiger partial charge in [0.15, 0.2) is 0 Å². The van der Waals surface area contributed by atoms with Gasteiger partial charge in [-0.1, -0.05) is 38.1 Å². The quantitative estimate of drug-likeness (QED) is 0.640. The van der Waals surface area contributed by atoms with Crippen LogP contribution in [0.4, 0.5) is 4.39 Å². The van der Waals surface area contributed by atoms with Gasteiger partial charge in [0.05, 0.1) is 18.6 Å². The van der Waals surface area contributed by atoms with Crippen LogP contribution in [0.5, 0.6) is 5.75 Å². The number of halogens is 1. The van der Waals surface area contributed by atoms with Crippen LogP contribution in [-0.2, 0) is 0 Å². The Kier molecular flexibility index (Phi) is 6.17. The van der Waals surface area contributed by atoms with Crippen molar-refractivity contribution in [2.75, 3.05) is 6.61 Å². The average Bonchev–Trinajstić information content (AvgIpc) is 2.55. The van der Waals surface area contributed by atoms with Crippen LogP contribution in [0.2, 0.25) is 0 Å². The summed E-state index contributed by atoms with van der Waals surface area (Å²) in [7, 11) is 0. The summed E-state index contributed by atoms with van der Waals surface area (Å²) in [5.41, 5.74) is 2.02. The summed E-state index contributed by atoms with van der Waals surface area (Å²) in [5, 5.41) is 9.26. The molecule has 23 heavy (non-hydrogen) atoms. The number of benzene rings is 2. The lowest BCUT2D eigenvalue weighted by Gasteiger charge is -2.11. The third-order valence-electron chi connectivity index (χ3n) is 3.86. The predicted octanol–water partition coefficient (Wildman–Crippen LogP) is 5.42. The maximum Gasteiger partial charge on any atom is 0.123 e. The first-order chi connectivity index (χ1) is 11.1. The molecule has 2 rings (SSSR count). The second-order valence-corrected chi connectivity index (χ2v) is 5.95. The van der Waals surface area contributed by atoms with Crippen LogP contribution in [0, 0.1) is 17.1 Å². The highest BCUT2D eigenvalue weighted by Crippen LogP contribution is 2.22. The van der Waals surface area contributed by atoms with E-state index in [2.05, 4.69) is 32.0 Å². The minimum absolute atomic E-state index is 0.294. The smallest absolute Gasteiger partial charge is 0.123 e. The van der Waals surface area contributed by atoms with Gasteiger partial charge < -0.3 is 4.74 Å². The molecular weight excluding hydrogens is 289 g/mol. The van der Waals surface area contributed by atoms with Crippen molar-refractivity contribution < 1.29 is 9.13 Å². The van der Waals surface area contributed by atoms with Gasteiger partial charge in [0.25, 0.3) is 0 Å². The Bertz CT molecular complexity index is 658. The van der Waals surface area contributed by atoms with Crippen molar-refractivity contribution in [1.82, 2.24) is 0 Å². The largest absolute Gasteiger partial charge is 0.494 e. The van der Waals surface area contributed by atoms with Crippen LogP contribution in [0.25, 0.3) is 0 Å². The van der Waals surface area contributed by atoms with E-state index in [0.717, 1.165) is 17.7 Å². The van der Waals surface area contributed by atoms with Crippen LogP contribution >= 0.6 is 0 Å². The van der Waals surface area contributed by atoms with Gasteiger partial charge in [0.2, 0.25) is 0 Å². The van der Waals surface area contributed by atoms with Gasteiger partial charge in [-0.15, -0.1) is 0 Å². The fourth-order valence-corrected chi connectivity index (χ4v) is 2.46. The normalized spacial score (nSPS) is 12.0. The van der Waals surface area contributed by atoms with Gasteiger partial charge in [-0.25, -0.2) is 4.39 Å². The highest BCUT2D eigenvalue weighted by Gasteiger charge is 2.11. The molecule has 3 heteroatoms. The molecule has 2 nitrogen and oxygen atoms in total. The van der Waals surface area contributed by atoms with Crippen LogP contribution < -0.4 is 4.74 Å². The van der Waals surface area contributed by atoms with Crippen molar-refractivity contribution >= 4 is 0 Å². The lowest BCUT2D eigenvalue weighted by molar-refractivity contribution is 0.305. The van der Waals surface area contributed by atoms with E-state index in [1.54, 1.807) is 12.1 Å². The molecule has 0 spiro atoms. The van der Waals surface area contributed by atoms with Gasteiger partial charge in [0.1, 0.15) is 11.6 Å². The molecule has 0 aliphatic carbocycles. The second-order valence-electron chi connectivity index (χ2n) is 5.95. The van der Waals surface area contributed by atoms with E-state index in [0.29, 0.717) is 18.9 Å². The summed E-state index contributed by atoms with van der Waals surface area (Å²) in [6, 6.07) is 16.6. The number of nitriles is 1. The highest BCUT2D eigenvalue weighted by molar-refractivity contribution is 5.29. The van der Waals surface area contributed by atoms with Crippen molar-refractivity contribution in [3.63, 3.8) is 0 Å². The number of hydrogen-bond acceptors (Lipinski definition) is 2. The number of hydrogen-bond donors (Lipinski definition) is 0. The summed E-state index contributed by atoms with van der Waals surface area (Å²) in [4.78, 5) is 0. The molecule has 0 aliphatic heterocycles. The van der Waals surface area contributed by atoms with Crippen molar-refractivity contribution in [1.29, 1.82) is 5.26 Å². The second kappa shape index (κ2) is 8.33.